The van der Waals surface area contributed by atoms with Crippen LogP contribution in [-0.2, 0) is 15.8 Å². The van der Waals surface area contributed by atoms with Gasteiger partial charge < -0.3 is 8.94 Å². The average Bonchev–Trinajstić information content (AvgIpc) is 3.37. The molecule has 4 aromatic rings. The highest BCUT2D eigenvalue weighted by Gasteiger charge is 2.22. The molecule has 1 atom stereocenters. The Morgan fingerprint density at radius 3 is 2.81 bits per heavy atom. The van der Waals surface area contributed by atoms with E-state index < -0.39 is 10.0 Å². The fraction of sp³-hybridized carbons (Fsp3) is 0.176. The summed E-state index contributed by atoms with van der Waals surface area (Å²) < 4.78 is 39.9. The minimum absolute atomic E-state index is 0.104. The fourth-order valence-corrected chi connectivity index (χ4v) is 3.83. The Kier molecular flexibility index (Phi) is 4.31. The maximum Gasteiger partial charge on any atom is 0.217 e. The van der Waals surface area contributed by atoms with Gasteiger partial charge in [-0.25, -0.2) is 13.1 Å². The second-order valence-corrected chi connectivity index (χ2v) is 7.56. The van der Waals surface area contributed by atoms with Gasteiger partial charge in [0.15, 0.2) is 5.58 Å². The minimum atomic E-state index is -3.63. The molecule has 0 aliphatic carbocycles. The second kappa shape index (κ2) is 6.77. The standard InChI is InChI=1S/C17H16N4O4S/c22-26(23,12-14-13-5-1-2-6-16(13)25-20-14)19-11-15(17-7-3-10-24-17)21-9-4-8-18-21/h1-10,15,19H,11-12H2/t15-/m0/s1. The van der Waals surface area contributed by atoms with Crippen LogP contribution < -0.4 is 4.72 Å². The van der Waals surface area contributed by atoms with E-state index in [9.17, 15) is 8.42 Å². The Bertz CT molecular complexity index is 1050. The van der Waals surface area contributed by atoms with Crippen LogP contribution in [0.25, 0.3) is 11.0 Å². The number of para-hydroxylation sites is 1. The summed E-state index contributed by atoms with van der Waals surface area (Å²) in [6, 6.07) is 12.1. The quantitative estimate of drug-likeness (QED) is 0.534. The van der Waals surface area contributed by atoms with Crippen molar-refractivity contribution in [2.75, 3.05) is 6.54 Å². The average molecular weight is 372 g/mol. The Hall–Kier alpha value is -2.91. The number of hydrogen-bond donors (Lipinski definition) is 1. The van der Waals surface area contributed by atoms with Gasteiger partial charge in [-0.05, 0) is 30.3 Å². The lowest BCUT2D eigenvalue weighted by Gasteiger charge is -2.16. The van der Waals surface area contributed by atoms with Gasteiger partial charge in [-0.2, -0.15) is 5.10 Å². The molecule has 3 heterocycles. The molecule has 0 amide bonds. The van der Waals surface area contributed by atoms with Crippen LogP contribution in [0, 0.1) is 0 Å². The molecule has 0 aliphatic heterocycles. The maximum atomic E-state index is 12.5. The summed E-state index contributed by atoms with van der Waals surface area (Å²) in [4.78, 5) is 0. The smallest absolute Gasteiger partial charge is 0.217 e. The zero-order chi connectivity index (χ0) is 18.0. The minimum Gasteiger partial charge on any atom is -0.467 e. The highest BCUT2D eigenvalue weighted by molar-refractivity contribution is 7.88. The highest BCUT2D eigenvalue weighted by Crippen LogP contribution is 2.21. The van der Waals surface area contributed by atoms with Gasteiger partial charge in [-0.3, -0.25) is 4.68 Å². The first-order valence-corrected chi connectivity index (χ1v) is 9.61. The van der Waals surface area contributed by atoms with E-state index in [1.54, 1.807) is 53.7 Å². The van der Waals surface area contributed by atoms with E-state index in [4.69, 9.17) is 8.94 Å². The monoisotopic (exact) mass is 372 g/mol. The molecule has 0 radical (unpaired) electrons. The van der Waals surface area contributed by atoms with Gasteiger partial charge >= 0.3 is 0 Å². The zero-order valence-corrected chi connectivity index (χ0v) is 14.5. The van der Waals surface area contributed by atoms with Crippen molar-refractivity contribution in [2.24, 2.45) is 0 Å². The van der Waals surface area contributed by atoms with Gasteiger partial charge in [0, 0.05) is 24.3 Å². The van der Waals surface area contributed by atoms with Gasteiger partial charge in [0.05, 0.1) is 6.26 Å². The molecular weight excluding hydrogens is 356 g/mol. The summed E-state index contributed by atoms with van der Waals surface area (Å²) >= 11 is 0. The number of aromatic nitrogens is 3. The third-order valence-corrected chi connectivity index (χ3v) is 5.25. The van der Waals surface area contributed by atoms with Crippen LogP contribution in [0.5, 0.6) is 0 Å². The topological polar surface area (TPSA) is 103 Å². The van der Waals surface area contributed by atoms with E-state index in [-0.39, 0.29) is 18.3 Å². The van der Waals surface area contributed by atoms with Crippen LogP contribution in [0.2, 0.25) is 0 Å². The largest absolute Gasteiger partial charge is 0.467 e. The SMILES string of the molecule is O=S(=O)(Cc1noc2ccccc12)NC[C@@H](c1ccco1)n1cccn1. The molecule has 0 unspecified atom stereocenters. The third kappa shape index (κ3) is 3.39. The van der Waals surface area contributed by atoms with Gasteiger partial charge in [0.1, 0.15) is 23.2 Å². The van der Waals surface area contributed by atoms with E-state index in [0.717, 1.165) is 0 Å². The molecule has 0 spiro atoms. The molecule has 0 saturated carbocycles. The Morgan fingerprint density at radius 1 is 1.15 bits per heavy atom. The van der Waals surface area contributed by atoms with E-state index in [1.165, 1.54) is 0 Å². The molecule has 0 bridgehead atoms. The number of fused-ring (bicyclic) bond motifs is 1. The van der Waals surface area contributed by atoms with Gasteiger partial charge in [0.25, 0.3) is 0 Å². The van der Waals surface area contributed by atoms with Crippen LogP contribution in [0.3, 0.4) is 0 Å². The van der Waals surface area contributed by atoms with Crippen molar-refractivity contribution in [3.05, 3.63) is 72.6 Å². The summed E-state index contributed by atoms with van der Waals surface area (Å²) in [6.07, 6.45) is 4.93. The molecule has 4 rings (SSSR count). The first kappa shape index (κ1) is 16.6. The first-order valence-electron chi connectivity index (χ1n) is 7.95. The van der Waals surface area contributed by atoms with Crippen molar-refractivity contribution >= 4 is 21.0 Å². The lowest BCUT2D eigenvalue weighted by Crippen LogP contribution is -2.32. The number of hydrogen-bond acceptors (Lipinski definition) is 6. The molecule has 3 aromatic heterocycles. The maximum absolute atomic E-state index is 12.5. The predicted molar refractivity (Wildman–Crippen MR) is 93.7 cm³/mol. The summed E-state index contributed by atoms with van der Waals surface area (Å²) in [6.45, 7) is 0.104. The van der Waals surface area contributed by atoms with E-state index in [0.29, 0.717) is 22.4 Å². The van der Waals surface area contributed by atoms with Crippen LogP contribution >= 0.6 is 0 Å². The molecule has 134 valence electrons. The molecule has 0 fully saturated rings. The Labute approximate surface area is 149 Å². The molecule has 1 aromatic carbocycles. The zero-order valence-electron chi connectivity index (χ0n) is 13.6. The predicted octanol–water partition coefficient (Wildman–Crippen LogP) is 2.33. The van der Waals surface area contributed by atoms with Crippen molar-refractivity contribution in [3.63, 3.8) is 0 Å². The highest BCUT2D eigenvalue weighted by atomic mass is 32.2. The van der Waals surface area contributed by atoms with Crippen LogP contribution in [0.1, 0.15) is 17.5 Å². The molecule has 8 nitrogen and oxygen atoms in total. The molecular formula is C17H16N4O4S. The number of benzene rings is 1. The first-order chi connectivity index (χ1) is 12.6. The summed E-state index contributed by atoms with van der Waals surface area (Å²) in [5.41, 5.74) is 0.935. The molecule has 9 heteroatoms. The Morgan fingerprint density at radius 2 is 2.04 bits per heavy atom. The number of nitrogens with one attached hydrogen (secondary N) is 1. The molecule has 0 saturated heterocycles. The number of sulfonamides is 1. The number of furan rings is 1. The van der Waals surface area contributed by atoms with Crippen molar-refractivity contribution in [2.45, 2.75) is 11.8 Å². The normalized spacial score (nSPS) is 13.2. The van der Waals surface area contributed by atoms with E-state index in [2.05, 4.69) is 15.0 Å². The van der Waals surface area contributed by atoms with Gasteiger partial charge in [0.2, 0.25) is 10.0 Å². The second-order valence-electron chi connectivity index (χ2n) is 5.75. The van der Waals surface area contributed by atoms with Gasteiger partial charge in [-0.15, -0.1) is 0 Å². The van der Waals surface area contributed by atoms with Crippen LogP contribution in [-0.4, -0.2) is 29.9 Å². The van der Waals surface area contributed by atoms with E-state index in [1.807, 2.05) is 12.1 Å². The summed E-state index contributed by atoms with van der Waals surface area (Å²) in [5.74, 6) is 0.344. The van der Waals surface area contributed by atoms with Crippen LogP contribution in [0.4, 0.5) is 0 Å². The third-order valence-electron chi connectivity index (χ3n) is 3.99. The lowest BCUT2D eigenvalue weighted by molar-refractivity contribution is 0.402. The summed E-state index contributed by atoms with van der Waals surface area (Å²) in [5, 5.41) is 8.75. The van der Waals surface area contributed by atoms with E-state index >= 15 is 0 Å². The number of nitrogens with zero attached hydrogens (tertiary/aromatic N) is 3. The lowest BCUT2D eigenvalue weighted by atomic mass is 10.2. The van der Waals surface area contributed by atoms with Crippen molar-refractivity contribution in [1.82, 2.24) is 19.7 Å². The number of rotatable bonds is 7. The van der Waals surface area contributed by atoms with Crippen molar-refractivity contribution in [1.29, 1.82) is 0 Å². The van der Waals surface area contributed by atoms with Crippen molar-refractivity contribution < 1.29 is 17.4 Å². The fourth-order valence-electron chi connectivity index (χ4n) is 2.75. The van der Waals surface area contributed by atoms with Gasteiger partial charge in [-0.1, -0.05) is 17.3 Å². The Balaban J connectivity index is 1.52. The van der Waals surface area contributed by atoms with Crippen molar-refractivity contribution in [3.8, 4) is 0 Å². The molecule has 26 heavy (non-hydrogen) atoms. The molecule has 1 N–H and O–H groups in total. The summed E-state index contributed by atoms with van der Waals surface area (Å²) in [7, 11) is -3.63. The molecule has 0 aliphatic rings. The van der Waals surface area contributed by atoms with Crippen LogP contribution in [0.15, 0.2) is 70.1 Å².